The highest BCUT2D eigenvalue weighted by Crippen LogP contribution is 2.34. The molecule has 1 atom stereocenters. The number of amides is 1. The number of aliphatic hydroxyl groups is 1. The Hall–Kier alpha value is -2.47. The van der Waals surface area contributed by atoms with Crippen molar-refractivity contribution in [2.45, 2.75) is 45.5 Å². The van der Waals surface area contributed by atoms with E-state index in [-0.39, 0.29) is 17.4 Å². The first-order chi connectivity index (χ1) is 13.0. The van der Waals surface area contributed by atoms with E-state index >= 15 is 0 Å². The topological polar surface area (TPSA) is 88.5 Å². The van der Waals surface area contributed by atoms with Crippen LogP contribution in [0.15, 0.2) is 17.4 Å². The minimum Gasteiger partial charge on any atom is -0.364 e. The first kappa shape index (κ1) is 20.3. The lowest BCUT2D eigenvalue weighted by atomic mass is 10.1. The van der Waals surface area contributed by atoms with Crippen LogP contribution in [0.2, 0.25) is 5.02 Å². The van der Waals surface area contributed by atoms with Gasteiger partial charge >= 0.3 is 0 Å². The first-order valence-corrected chi connectivity index (χ1v) is 8.36. The molecule has 1 N–H and O–H groups in total. The van der Waals surface area contributed by atoms with Crippen LogP contribution in [0, 0.1) is 13.8 Å². The minimum atomic E-state index is -3.50. The van der Waals surface area contributed by atoms with E-state index in [0.29, 0.717) is 16.4 Å². The number of rotatable bonds is 5. The summed E-state index contributed by atoms with van der Waals surface area (Å²) in [4.78, 5) is 12.5. The van der Waals surface area contributed by atoms with E-state index in [1.807, 2.05) is 0 Å². The summed E-state index contributed by atoms with van der Waals surface area (Å²) in [6.07, 6.45) is -6.47. The number of carbonyl (C=O) groups excluding carboxylic acids is 1. The van der Waals surface area contributed by atoms with E-state index in [4.69, 9.17) is 11.6 Å². The molecule has 0 aliphatic carbocycles. The third-order valence-corrected chi connectivity index (χ3v) is 4.81. The SMILES string of the molecule is Cc1nn(Cn2ccc(C(=O)N3N=C(C(F)F)C[C@@]3(O)C(F)F)n2)c(C)c1Cl. The van der Waals surface area contributed by atoms with Crippen LogP contribution in [-0.2, 0) is 6.67 Å². The number of hydrogen-bond donors (Lipinski definition) is 1. The van der Waals surface area contributed by atoms with E-state index in [2.05, 4.69) is 15.3 Å². The lowest BCUT2D eigenvalue weighted by Crippen LogP contribution is -2.51. The van der Waals surface area contributed by atoms with E-state index in [0.717, 1.165) is 0 Å². The van der Waals surface area contributed by atoms with Gasteiger partial charge in [0, 0.05) is 12.6 Å². The predicted octanol–water partition coefficient (Wildman–Crippen LogP) is 2.28. The predicted molar refractivity (Wildman–Crippen MR) is 89.5 cm³/mol. The van der Waals surface area contributed by atoms with Crippen molar-refractivity contribution >= 4 is 23.2 Å². The molecule has 0 saturated heterocycles. The van der Waals surface area contributed by atoms with Gasteiger partial charge in [0.15, 0.2) is 5.69 Å². The second-order valence-electron chi connectivity index (χ2n) is 6.23. The fraction of sp³-hybridized carbons (Fsp3) is 0.467. The summed E-state index contributed by atoms with van der Waals surface area (Å²) < 4.78 is 55.0. The summed E-state index contributed by atoms with van der Waals surface area (Å²) in [5.41, 5.74) is -3.27. The maximum Gasteiger partial charge on any atom is 0.297 e. The molecule has 2 aromatic rings. The molecule has 0 fully saturated rings. The molecule has 2 aromatic heterocycles. The van der Waals surface area contributed by atoms with Gasteiger partial charge in [0.2, 0.25) is 5.72 Å². The summed E-state index contributed by atoms with van der Waals surface area (Å²) in [6, 6.07) is 1.19. The van der Waals surface area contributed by atoms with Gasteiger partial charge in [-0.25, -0.2) is 22.2 Å². The van der Waals surface area contributed by atoms with Gasteiger partial charge in [-0.05, 0) is 19.9 Å². The van der Waals surface area contributed by atoms with Crippen molar-refractivity contribution in [1.82, 2.24) is 24.6 Å². The number of alkyl halides is 4. The molecule has 0 aromatic carbocycles. The van der Waals surface area contributed by atoms with Crippen LogP contribution >= 0.6 is 11.6 Å². The van der Waals surface area contributed by atoms with Crippen molar-refractivity contribution < 1.29 is 27.5 Å². The van der Waals surface area contributed by atoms with Gasteiger partial charge in [-0.2, -0.15) is 20.3 Å². The molecule has 0 radical (unpaired) electrons. The average Bonchev–Trinajstić information content (AvgIpc) is 3.29. The Morgan fingerprint density at radius 1 is 1.32 bits per heavy atom. The lowest BCUT2D eigenvalue weighted by molar-refractivity contribution is -0.164. The molecule has 1 amide bonds. The summed E-state index contributed by atoms with van der Waals surface area (Å²) in [6.45, 7) is 3.50. The molecule has 13 heteroatoms. The van der Waals surface area contributed by atoms with E-state index in [1.54, 1.807) is 13.8 Å². The number of hydrazone groups is 1. The molecule has 1 aliphatic heterocycles. The summed E-state index contributed by atoms with van der Waals surface area (Å²) in [5.74, 6) is -1.23. The monoisotopic (exact) mass is 422 g/mol. The number of halogens is 5. The Labute approximate surface area is 161 Å². The molecule has 0 saturated carbocycles. The molecule has 152 valence electrons. The number of aryl methyl sites for hydroxylation is 1. The molecule has 3 rings (SSSR count). The van der Waals surface area contributed by atoms with Gasteiger partial charge in [0.1, 0.15) is 12.4 Å². The molecule has 0 bridgehead atoms. The molecular weight excluding hydrogens is 408 g/mol. The molecule has 1 aliphatic rings. The van der Waals surface area contributed by atoms with Gasteiger partial charge in [-0.15, -0.1) is 0 Å². The number of aromatic nitrogens is 4. The smallest absolute Gasteiger partial charge is 0.297 e. The van der Waals surface area contributed by atoms with Crippen molar-refractivity contribution in [3.63, 3.8) is 0 Å². The van der Waals surface area contributed by atoms with Gasteiger partial charge < -0.3 is 5.11 Å². The van der Waals surface area contributed by atoms with Crippen molar-refractivity contribution in [3.8, 4) is 0 Å². The highest BCUT2D eigenvalue weighted by atomic mass is 35.5. The summed E-state index contributed by atoms with van der Waals surface area (Å²) >= 11 is 6.06. The fourth-order valence-corrected chi connectivity index (χ4v) is 2.85. The Morgan fingerprint density at radius 2 is 2.00 bits per heavy atom. The largest absolute Gasteiger partial charge is 0.364 e. The Kier molecular flexibility index (Phi) is 5.19. The summed E-state index contributed by atoms with van der Waals surface area (Å²) in [5, 5.41) is 21.8. The Bertz CT molecular complexity index is 943. The van der Waals surface area contributed by atoms with Gasteiger partial charge in [-0.1, -0.05) is 11.6 Å². The van der Waals surface area contributed by atoms with Gasteiger partial charge in [0.05, 0.1) is 16.4 Å². The van der Waals surface area contributed by atoms with Crippen molar-refractivity contribution in [2.24, 2.45) is 5.10 Å². The highest BCUT2D eigenvalue weighted by Gasteiger charge is 2.53. The average molecular weight is 423 g/mol. The summed E-state index contributed by atoms with van der Waals surface area (Å²) in [7, 11) is 0. The van der Waals surface area contributed by atoms with Crippen molar-refractivity contribution in [1.29, 1.82) is 0 Å². The minimum absolute atomic E-state index is 0.0357. The molecular formula is C15H15ClF4N6O2. The normalized spacial score (nSPS) is 19.8. The first-order valence-electron chi connectivity index (χ1n) is 7.98. The zero-order valence-electron chi connectivity index (χ0n) is 14.7. The van der Waals surface area contributed by atoms with E-state index < -0.39 is 36.6 Å². The maximum atomic E-state index is 13.3. The Morgan fingerprint density at radius 3 is 2.54 bits per heavy atom. The van der Waals surface area contributed by atoms with Crippen LogP contribution in [0.5, 0.6) is 0 Å². The van der Waals surface area contributed by atoms with Crippen LogP contribution in [0.1, 0.15) is 28.3 Å². The fourth-order valence-electron chi connectivity index (χ4n) is 2.72. The van der Waals surface area contributed by atoms with Crippen LogP contribution in [-0.4, -0.2) is 59.9 Å². The van der Waals surface area contributed by atoms with Crippen LogP contribution < -0.4 is 0 Å². The standard InChI is InChI=1S/C15H15ClF4N6O2/c1-7-11(16)8(2)25(21-7)6-24-4-3-9(22-24)13(27)26-15(28,14(19)20)5-10(23-26)12(17)18/h3-4,12,14,28H,5-6H2,1-2H3/t15-/m1/s1. The molecule has 3 heterocycles. The third kappa shape index (κ3) is 3.37. The maximum absolute atomic E-state index is 13.3. The molecule has 28 heavy (non-hydrogen) atoms. The van der Waals surface area contributed by atoms with Crippen LogP contribution in [0.3, 0.4) is 0 Å². The Balaban J connectivity index is 1.85. The number of carbonyl (C=O) groups is 1. The second kappa shape index (κ2) is 7.17. The van der Waals surface area contributed by atoms with Crippen LogP contribution in [0.25, 0.3) is 0 Å². The molecule has 0 spiro atoms. The lowest BCUT2D eigenvalue weighted by Gasteiger charge is -2.29. The zero-order valence-corrected chi connectivity index (χ0v) is 15.4. The van der Waals surface area contributed by atoms with Gasteiger partial charge in [-0.3, -0.25) is 9.48 Å². The number of hydrogen-bond acceptors (Lipinski definition) is 5. The number of nitrogens with zero attached hydrogens (tertiary/aromatic N) is 6. The molecule has 8 nitrogen and oxygen atoms in total. The van der Waals surface area contributed by atoms with Crippen molar-refractivity contribution in [2.75, 3.05) is 0 Å². The highest BCUT2D eigenvalue weighted by molar-refractivity contribution is 6.31. The third-order valence-electron chi connectivity index (χ3n) is 4.26. The second-order valence-corrected chi connectivity index (χ2v) is 6.61. The zero-order chi connectivity index (χ0) is 20.8. The van der Waals surface area contributed by atoms with Crippen molar-refractivity contribution in [3.05, 3.63) is 34.4 Å². The van der Waals surface area contributed by atoms with E-state index in [1.165, 1.54) is 21.6 Å². The molecule has 0 unspecified atom stereocenters. The van der Waals surface area contributed by atoms with Gasteiger partial charge in [0.25, 0.3) is 18.8 Å². The quantitative estimate of drug-likeness (QED) is 0.749. The van der Waals surface area contributed by atoms with E-state index in [9.17, 15) is 27.5 Å². The van der Waals surface area contributed by atoms with Crippen LogP contribution in [0.4, 0.5) is 17.6 Å².